The molecule has 1 aliphatic heterocycles. The van der Waals surface area contributed by atoms with Crippen LogP contribution in [0.1, 0.15) is 30.1 Å². The third kappa shape index (κ3) is 5.00. The second kappa shape index (κ2) is 10.7. The normalized spacial score (nSPS) is 13.1. The molecule has 0 saturated carbocycles. The average Bonchev–Trinajstić information content (AvgIpc) is 3.59. The van der Waals surface area contributed by atoms with Gasteiger partial charge in [0.05, 0.1) is 41.5 Å². The molecule has 5 aromatic rings. The topological polar surface area (TPSA) is 81.1 Å². The van der Waals surface area contributed by atoms with Gasteiger partial charge in [0.25, 0.3) is 0 Å². The molecule has 0 saturated heterocycles. The van der Waals surface area contributed by atoms with E-state index in [2.05, 4.69) is 16.8 Å². The highest BCUT2D eigenvalue weighted by Gasteiger charge is 2.29. The predicted octanol–water partition coefficient (Wildman–Crippen LogP) is 6.99. The zero-order chi connectivity index (χ0) is 28.8. The quantitative estimate of drug-likeness (QED) is 0.199. The van der Waals surface area contributed by atoms with E-state index in [0.29, 0.717) is 41.5 Å². The third-order valence-electron chi connectivity index (χ3n) is 6.71. The van der Waals surface area contributed by atoms with Gasteiger partial charge in [-0.15, -0.1) is 22.7 Å². The Labute approximate surface area is 243 Å². The van der Waals surface area contributed by atoms with Crippen LogP contribution in [0.25, 0.3) is 43.2 Å². The summed E-state index contributed by atoms with van der Waals surface area (Å²) in [5, 5.41) is 11.5. The highest BCUT2D eigenvalue weighted by atomic mass is 32.1. The van der Waals surface area contributed by atoms with Crippen LogP contribution in [0.15, 0.2) is 48.5 Å². The SMILES string of the molecule is C=CC(=O)N1CCc2nc(-c3nc(-c4cnnc(C)c4)c4ccsc4c3-c3c(F)cc(F)cc3OC(C)C)sc2C1. The predicted molar refractivity (Wildman–Crippen MR) is 157 cm³/mol. The van der Waals surface area contributed by atoms with Gasteiger partial charge in [0, 0.05) is 51.2 Å². The van der Waals surface area contributed by atoms with Gasteiger partial charge in [0.1, 0.15) is 28.1 Å². The van der Waals surface area contributed by atoms with Crippen LogP contribution in [0.2, 0.25) is 0 Å². The number of aryl methyl sites for hydroxylation is 1. The number of hydrogen-bond donors (Lipinski definition) is 0. The van der Waals surface area contributed by atoms with Gasteiger partial charge in [-0.3, -0.25) is 4.79 Å². The summed E-state index contributed by atoms with van der Waals surface area (Å²) in [6.45, 7) is 10.00. The van der Waals surface area contributed by atoms with E-state index in [1.54, 1.807) is 24.9 Å². The summed E-state index contributed by atoms with van der Waals surface area (Å²) in [4.78, 5) is 25.0. The molecule has 11 heteroatoms. The molecule has 0 fully saturated rings. The Morgan fingerprint density at radius 2 is 2.00 bits per heavy atom. The van der Waals surface area contributed by atoms with Crippen LogP contribution in [0.3, 0.4) is 0 Å². The fraction of sp³-hybridized carbons (Fsp3) is 0.233. The molecule has 0 unspecified atom stereocenters. The fourth-order valence-electron chi connectivity index (χ4n) is 4.99. The lowest BCUT2D eigenvalue weighted by molar-refractivity contribution is -0.126. The lowest BCUT2D eigenvalue weighted by Crippen LogP contribution is -2.34. The van der Waals surface area contributed by atoms with Crippen LogP contribution in [-0.4, -0.2) is 43.6 Å². The van der Waals surface area contributed by atoms with Crippen LogP contribution in [-0.2, 0) is 17.8 Å². The first kappa shape index (κ1) is 27.1. The van der Waals surface area contributed by atoms with Crippen molar-refractivity contribution in [2.45, 2.75) is 39.8 Å². The minimum absolute atomic E-state index is 0.0912. The summed E-state index contributed by atoms with van der Waals surface area (Å²) < 4.78 is 37.0. The molecule has 1 amide bonds. The molecule has 6 rings (SSSR count). The first-order chi connectivity index (χ1) is 19.7. The van der Waals surface area contributed by atoms with Crippen LogP contribution in [0, 0.1) is 18.6 Å². The van der Waals surface area contributed by atoms with Gasteiger partial charge in [-0.1, -0.05) is 6.58 Å². The summed E-state index contributed by atoms with van der Waals surface area (Å²) in [6.07, 6.45) is 3.21. The molecule has 0 radical (unpaired) electrons. The van der Waals surface area contributed by atoms with E-state index < -0.39 is 11.6 Å². The maximum absolute atomic E-state index is 15.8. The Morgan fingerprint density at radius 3 is 2.76 bits per heavy atom. The Bertz CT molecular complexity index is 1830. The maximum atomic E-state index is 15.8. The number of amides is 1. The Hall–Kier alpha value is -4.09. The van der Waals surface area contributed by atoms with E-state index >= 15 is 4.39 Å². The van der Waals surface area contributed by atoms with Gasteiger partial charge in [0.2, 0.25) is 5.91 Å². The van der Waals surface area contributed by atoms with Crippen molar-refractivity contribution in [2.75, 3.05) is 6.54 Å². The second-order valence-corrected chi connectivity index (χ2v) is 12.0. The smallest absolute Gasteiger partial charge is 0.246 e. The van der Waals surface area contributed by atoms with E-state index in [0.717, 1.165) is 38.0 Å². The molecular weight excluding hydrogens is 564 g/mol. The van der Waals surface area contributed by atoms with Gasteiger partial charge in [-0.2, -0.15) is 10.2 Å². The van der Waals surface area contributed by atoms with Crippen molar-refractivity contribution in [2.24, 2.45) is 0 Å². The molecule has 0 N–H and O–H groups in total. The number of thiophene rings is 1. The van der Waals surface area contributed by atoms with Crippen molar-refractivity contribution < 1.29 is 18.3 Å². The third-order valence-corrected chi connectivity index (χ3v) is 8.73. The molecule has 0 spiro atoms. The minimum atomic E-state index is -0.753. The number of rotatable bonds is 6. The Balaban J connectivity index is 1.65. The molecule has 0 atom stereocenters. The van der Waals surface area contributed by atoms with Gasteiger partial charge in [0.15, 0.2) is 0 Å². The molecule has 1 aliphatic rings. The van der Waals surface area contributed by atoms with Crippen molar-refractivity contribution in [3.63, 3.8) is 0 Å². The molecule has 41 heavy (non-hydrogen) atoms. The van der Waals surface area contributed by atoms with Crippen molar-refractivity contribution in [3.05, 3.63) is 76.4 Å². The molecule has 4 aromatic heterocycles. The van der Waals surface area contributed by atoms with Crippen molar-refractivity contribution in [1.82, 2.24) is 25.1 Å². The lowest BCUT2D eigenvalue weighted by atomic mass is 9.98. The van der Waals surface area contributed by atoms with E-state index in [-0.39, 0.29) is 23.3 Å². The number of carbonyl (C=O) groups excluding carboxylic acids is 1. The summed E-state index contributed by atoms with van der Waals surface area (Å²) >= 11 is 2.85. The Morgan fingerprint density at radius 1 is 1.17 bits per heavy atom. The van der Waals surface area contributed by atoms with E-state index in [1.165, 1.54) is 34.8 Å². The summed E-state index contributed by atoms with van der Waals surface area (Å²) in [6, 6.07) is 5.90. The highest BCUT2D eigenvalue weighted by Crippen LogP contribution is 2.48. The zero-order valence-electron chi connectivity index (χ0n) is 22.6. The summed E-state index contributed by atoms with van der Waals surface area (Å²) in [5.41, 5.74) is 4.08. The highest BCUT2D eigenvalue weighted by molar-refractivity contribution is 7.18. The number of ether oxygens (including phenoxy) is 1. The van der Waals surface area contributed by atoms with Gasteiger partial charge >= 0.3 is 0 Å². The standard InChI is InChI=1S/C30H25F2N5O2S2/c1-5-24(38)37-8-6-21-23(14-37)41-30(34-21)28-26(25-20(32)11-18(31)12-22(25)39-15(2)3)29-19(7-9-40-29)27(35-28)17-10-16(4)36-33-13-17/h5,7,9-13,15H,1,6,8,14H2,2-4H3. The van der Waals surface area contributed by atoms with Crippen molar-refractivity contribution in [1.29, 1.82) is 0 Å². The fourth-order valence-corrected chi connectivity index (χ4v) is 7.06. The Kier molecular flexibility index (Phi) is 7.08. The molecule has 208 valence electrons. The first-order valence-corrected chi connectivity index (χ1v) is 14.7. The summed E-state index contributed by atoms with van der Waals surface area (Å²) in [7, 11) is 0. The zero-order valence-corrected chi connectivity index (χ0v) is 24.2. The number of carbonyl (C=O) groups is 1. The van der Waals surface area contributed by atoms with E-state index in [9.17, 15) is 9.18 Å². The molecule has 0 aliphatic carbocycles. The number of thiazole rings is 1. The maximum Gasteiger partial charge on any atom is 0.246 e. The van der Waals surface area contributed by atoms with E-state index in [1.807, 2.05) is 24.4 Å². The lowest BCUT2D eigenvalue weighted by Gasteiger charge is -2.24. The van der Waals surface area contributed by atoms with Crippen LogP contribution < -0.4 is 4.74 Å². The number of nitrogens with zero attached hydrogens (tertiary/aromatic N) is 5. The number of aromatic nitrogens is 4. The molecule has 0 bridgehead atoms. The van der Waals surface area contributed by atoms with Gasteiger partial charge < -0.3 is 9.64 Å². The van der Waals surface area contributed by atoms with Gasteiger partial charge in [-0.25, -0.2) is 18.7 Å². The van der Waals surface area contributed by atoms with Crippen molar-refractivity contribution in [3.8, 4) is 38.8 Å². The first-order valence-electron chi connectivity index (χ1n) is 13.0. The molecular formula is C30H25F2N5O2S2. The molecule has 7 nitrogen and oxygen atoms in total. The number of benzene rings is 1. The minimum Gasteiger partial charge on any atom is -0.490 e. The van der Waals surface area contributed by atoms with Crippen molar-refractivity contribution >= 4 is 38.7 Å². The van der Waals surface area contributed by atoms with E-state index in [4.69, 9.17) is 14.7 Å². The number of pyridine rings is 1. The summed E-state index contributed by atoms with van der Waals surface area (Å²) in [5.74, 6) is -1.54. The monoisotopic (exact) mass is 589 g/mol. The second-order valence-electron chi connectivity index (χ2n) is 9.96. The number of hydrogen-bond acceptors (Lipinski definition) is 8. The largest absolute Gasteiger partial charge is 0.490 e. The van der Waals surface area contributed by atoms with Gasteiger partial charge in [-0.05, 0) is 44.4 Å². The average molecular weight is 590 g/mol. The van der Waals surface area contributed by atoms with Crippen LogP contribution in [0.4, 0.5) is 8.78 Å². The van der Waals surface area contributed by atoms with Crippen LogP contribution in [0.5, 0.6) is 5.75 Å². The number of fused-ring (bicyclic) bond motifs is 2. The van der Waals surface area contributed by atoms with Crippen LogP contribution >= 0.6 is 22.7 Å². The number of halogens is 2. The molecule has 5 heterocycles. The molecule has 1 aromatic carbocycles.